The van der Waals surface area contributed by atoms with E-state index in [4.69, 9.17) is 4.42 Å². The van der Waals surface area contributed by atoms with Gasteiger partial charge in [0.05, 0.1) is 12.2 Å². The van der Waals surface area contributed by atoms with E-state index in [9.17, 15) is 4.79 Å². The van der Waals surface area contributed by atoms with Gasteiger partial charge in [-0.3, -0.25) is 9.48 Å². The summed E-state index contributed by atoms with van der Waals surface area (Å²) in [6.07, 6.45) is 6.78. The number of aryl methyl sites for hydroxylation is 2. The first-order valence-electron chi connectivity index (χ1n) is 7.59. The molecule has 1 aliphatic carbocycles. The number of fused-ring (bicyclic) bond motifs is 1. The van der Waals surface area contributed by atoms with Crippen LogP contribution in [0.25, 0.3) is 0 Å². The predicted molar refractivity (Wildman–Crippen MR) is 79.1 cm³/mol. The molecule has 0 saturated carbocycles. The molecular formula is C16H21N3O2. The first kappa shape index (κ1) is 13.9. The maximum atomic E-state index is 12.3. The van der Waals surface area contributed by atoms with Gasteiger partial charge in [-0.05, 0) is 37.8 Å². The molecule has 0 radical (unpaired) electrons. The van der Waals surface area contributed by atoms with E-state index in [1.807, 2.05) is 24.0 Å². The third-order valence-corrected chi connectivity index (χ3v) is 4.06. The topological polar surface area (TPSA) is 60.1 Å². The van der Waals surface area contributed by atoms with Crippen LogP contribution >= 0.6 is 0 Å². The molecule has 1 atom stereocenters. The Morgan fingerprint density at radius 3 is 3.19 bits per heavy atom. The first-order valence-corrected chi connectivity index (χ1v) is 7.59. The highest BCUT2D eigenvalue weighted by Gasteiger charge is 2.25. The molecule has 21 heavy (non-hydrogen) atoms. The van der Waals surface area contributed by atoms with Crippen LogP contribution in [0.4, 0.5) is 0 Å². The molecule has 2 aromatic heterocycles. The summed E-state index contributed by atoms with van der Waals surface area (Å²) in [6.45, 7) is 2.09. The Kier molecular flexibility index (Phi) is 3.82. The molecule has 2 aromatic rings. The number of amides is 1. The lowest BCUT2D eigenvalue weighted by atomic mass is 9.93. The molecule has 5 heteroatoms. The molecule has 1 amide bonds. The summed E-state index contributed by atoms with van der Waals surface area (Å²) in [7, 11) is 1.95. The van der Waals surface area contributed by atoms with Crippen molar-refractivity contribution in [2.24, 2.45) is 7.05 Å². The number of carbonyl (C=O) groups is 1. The van der Waals surface area contributed by atoms with Crippen LogP contribution in [0.5, 0.6) is 0 Å². The van der Waals surface area contributed by atoms with Gasteiger partial charge in [-0.2, -0.15) is 5.10 Å². The Labute approximate surface area is 124 Å². The van der Waals surface area contributed by atoms with E-state index < -0.39 is 0 Å². The number of rotatable bonds is 4. The number of carbonyl (C=O) groups excluding carboxylic acids is 1. The zero-order valence-electron chi connectivity index (χ0n) is 12.6. The van der Waals surface area contributed by atoms with Crippen LogP contribution in [0, 0.1) is 0 Å². The fourth-order valence-corrected chi connectivity index (χ4v) is 2.97. The highest BCUT2D eigenvalue weighted by molar-refractivity contribution is 5.91. The van der Waals surface area contributed by atoms with Gasteiger partial charge in [0, 0.05) is 24.7 Å². The Morgan fingerprint density at radius 1 is 1.52 bits per heavy atom. The van der Waals surface area contributed by atoms with Gasteiger partial charge in [0.2, 0.25) is 0 Å². The van der Waals surface area contributed by atoms with Crippen molar-refractivity contribution in [2.75, 3.05) is 0 Å². The molecule has 1 aliphatic rings. The van der Waals surface area contributed by atoms with Crippen LogP contribution in [0.15, 0.2) is 22.7 Å². The third-order valence-electron chi connectivity index (χ3n) is 4.06. The maximum Gasteiger partial charge on any atom is 0.287 e. The van der Waals surface area contributed by atoms with Crippen molar-refractivity contribution in [3.63, 3.8) is 0 Å². The predicted octanol–water partition coefficient (Wildman–Crippen LogP) is 2.77. The smallest absolute Gasteiger partial charge is 0.287 e. The van der Waals surface area contributed by atoms with Crippen molar-refractivity contribution in [3.8, 4) is 0 Å². The molecule has 1 N–H and O–H groups in total. The minimum Gasteiger partial charge on any atom is -0.456 e. The number of hydrogen-bond acceptors (Lipinski definition) is 3. The largest absolute Gasteiger partial charge is 0.456 e. The molecular weight excluding hydrogens is 266 g/mol. The minimum absolute atomic E-state index is 0.0367. The van der Waals surface area contributed by atoms with Gasteiger partial charge in [-0.1, -0.05) is 6.92 Å². The molecule has 0 fully saturated rings. The molecule has 112 valence electrons. The lowest BCUT2D eigenvalue weighted by molar-refractivity contribution is 0.0902. The van der Waals surface area contributed by atoms with E-state index in [1.54, 1.807) is 6.07 Å². The van der Waals surface area contributed by atoms with E-state index in [0.29, 0.717) is 5.76 Å². The van der Waals surface area contributed by atoms with Crippen LogP contribution in [-0.4, -0.2) is 15.7 Å². The molecule has 2 heterocycles. The Morgan fingerprint density at radius 2 is 2.38 bits per heavy atom. The Hall–Kier alpha value is -2.04. The number of hydrogen-bond donors (Lipinski definition) is 1. The van der Waals surface area contributed by atoms with Crippen molar-refractivity contribution in [3.05, 3.63) is 41.1 Å². The van der Waals surface area contributed by atoms with Gasteiger partial charge in [0.15, 0.2) is 5.76 Å². The van der Waals surface area contributed by atoms with Crippen LogP contribution in [0.2, 0.25) is 0 Å². The van der Waals surface area contributed by atoms with Crippen molar-refractivity contribution in [1.82, 2.24) is 15.1 Å². The summed E-state index contributed by atoms with van der Waals surface area (Å²) in [4.78, 5) is 12.3. The van der Waals surface area contributed by atoms with E-state index in [-0.39, 0.29) is 11.9 Å². The van der Waals surface area contributed by atoms with Crippen LogP contribution in [-0.2, 0) is 19.9 Å². The van der Waals surface area contributed by atoms with Gasteiger partial charge in [0.1, 0.15) is 5.76 Å². The molecule has 5 nitrogen and oxygen atoms in total. The summed E-state index contributed by atoms with van der Waals surface area (Å²) in [6, 6.07) is 3.68. The Balaban J connectivity index is 1.73. The van der Waals surface area contributed by atoms with Crippen molar-refractivity contribution in [2.45, 2.75) is 45.1 Å². The highest BCUT2D eigenvalue weighted by atomic mass is 16.3. The van der Waals surface area contributed by atoms with E-state index in [2.05, 4.69) is 17.3 Å². The Bertz CT molecular complexity index is 642. The minimum atomic E-state index is -0.140. The molecule has 0 bridgehead atoms. The summed E-state index contributed by atoms with van der Waals surface area (Å²) in [5.74, 6) is 1.13. The molecule has 0 saturated heterocycles. The highest BCUT2D eigenvalue weighted by Crippen LogP contribution is 2.29. The molecule has 1 unspecified atom stereocenters. The van der Waals surface area contributed by atoms with Gasteiger partial charge in [-0.15, -0.1) is 0 Å². The average Bonchev–Trinajstić information content (AvgIpc) is 3.08. The number of furan rings is 1. The zero-order chi connectivity index (χ0) is 14.8. The van der Waals surface area contributed by atoms with Gasteiger partial charge < -0.3 is 9.73 Å². The van der Waals surface area contributed by atoms with Gasteiger partial charge in [-0.25, -0.2) is 0 Å². The zero-order valence-corrected chi connectivity index (χ0v) is 12.6. The van der Waals surface area contributed by atoms with Crippen molar-refractivity contribution < 1.29 is 9.21 Å². The SMILES string of the molecule is CCCc1ccc(C(=O)NC2CCCc3c2cnn3C)o1. The van der Waals surface area contributed by atoms with E-state index >= 15 is 0 Å². The van der Waals surface area contributed by atoms with Crippen LogP contribution < -0.4 is 5.32 Å². The molecule has 0 spiro atoms. The van der Waals surface area contributed by atoms with Gasteiger partial charge >= 0.3 is 0 Å². The summed E-state index contributed by atoms with van der Waals surface area (Å²) in [5.41, 5.74) is 2.36. The fourth-order valence-electron chi connectivity index (χ4n) is 2.97. The quantitative estimate of drug-likeness (QED) is 0.940. The third kappa shape index (κ3) is 2.73. The van der Waals surface area contributed by atoms with E-state index in [0.717, 1.165) is 43.4 Å². The number of nitrogens with one attached hydrogen (secondary N) is 1. The summed E-state index contributed by atoms with van der Waals surface area (Å²) >= 11 is 0. The number of aromatic nitrogens is 2. The second-order valence-corrected chi connectivity index (χ2v) is 5.60. The summed E-state index contributed by atoms with van der Waals surface area (Å²) < 4.78 is 7.49. The number of nitrogens with zero attached hydrogens (tertiary/aromatic N) is 2. The lowest BCUT2D eigenvalue weighted by Crippen LogP contribution is -2.30. The van der Waals surface area contributed by atoms with E-state index in [1.165, 1.54) is 5.69 Å². The molecule has 3 rings (SSSR count). The summed E-state index contributed by atoms with van der Waals surface area (Å²) in [5, 5.41) is 7.37. The monoisotopic (exact) mass is 287 g/mol. The molecule has 0 aromatic carbocycles. The standard InChI is InChI=1S/C16H21N3O2/c1-3-5-11-8-9-15(21-11)16(20)18-13-6-4-7-14-12(13)10-17-19(14)2/h8-10,13H,3-7H2,1-2H3,(H,18,20). The second-order valence-electron chi connectivity index (χ2n) is 5.60. The molecule has 0 aliphatic heterocycles. The average molecular weight is 287 g/mol. The normalized spacial score (nSPS) is 17.5. The van der Waals surface area contributed by atoms with Crippen LogP contribution in [0.3, 0.4) is 0 Å². The van der Waals surface area contributed by atoms with Crippen LogP contribution in [0.1, 0.15) is 59.8 Å². The first-order chi connectivity index (χ1) is 10.2. The van der Waals surface area contributed by atoms with Crippen molar-refractivity contribution >= 4 is 5.91 Å². The van der Waals surface area contributed by atoms with Gasteiger partial charge in [0.25, 0.3) is 5.91 Å². The second kappa shape index (κ2) is 5.76. The fraction of sp³-hybridized carbons (Fsp3) is 0.500. The lowest BCUT2D eigenvalue weighted by Gasteiger charge is -2.23. The van der Waals surface area contributed by atoms with Crippen molar-refractivity contribution in [1.29, 1.82) is 0 Å². The maximum absolute atomic E-state index is 12.3.